The van der Waals surface area contributed by atoms with Crippen molar-refractivity contribution in [2.45, 2.75) is 0 Å². The van der Waals surface area contributed by atoms with Gasteiger partial charge >= 0.3 is 0 Å². The maximum absolute atomic E-state index is 4.94. The summed E-state index contributed by atoms with van der Waals surface area (Å²) >= 11 is 0. The molecule has 0 radical (unpaired) electrons. The molecule has 10 nitrogen and oxygen atoms in total. The van der Waals surface area contributed by atoms with E-state index in [1.165, 1.54) is 125 Å². The van der Waals surface area contributed by atoms with Crippen molar-refractivity contribution in [3.8, 4) is 0 Å². The highest BCUT2D eigenvalue weighted by atomic mass is 16.5. The van der Waals surface area contributed by atoms with Crippen molar-refractivity contribution in [3.05, 3.63) is 125 Å². The van der Waals surface area contributed by atoms with E-state index in [2.05, 4.69) is 0 Å². The van der Waals surface area contributed by atoms with Crippen LogP contribution < -0.4 is 0 Å². The second-order valence-corrected chi connectivity index (χ2v) is 4.08. The first kappa shape index (κ1) is 23.4. The molecule has 1 aliphatic rings. The fraction of sp³-hybridized carbons (Fsp3) is 0. The lowest BCUT2D eigenvalue weighted by molar-refractivity contribution is 0.290. The van der Waals surface area contributed by atoms with Gasteiger partial charge in [0.15, 0.2) is 0 Å². The normalized spacial score (nSPS) is 16.0. The summed E-state index contributed by atoms with van der Waals surface area (Å²) in [7, 11) is 0. The Labute approximate surface area is 173 Å². The zero-order valence-corrected chi connectivity index (χ0v) is 15.6. The van der Waals surface area contributed by atoms with Crippen LogP contribution in [0.15, 0.2) is 125 Å². The summed E-state index contributed by atoms with van der Waals surface area (Å²) in [5.41, 5.74) is 0. The SMILES string of the molecule is C1=COC=COC=COC=COC=COC=COC=COC=COC=COC=CO1. The number of rotatable bonds is 0. The van der Waals surface area contributed by atoms with Gasteiger partial charge in [-0.25, -0.2) is 0 Å². The predicted octanol–water partition coefficient (Wildman–Crippen LogP) is 4.88. The summed E-state index contributed by atoms with van der Waals surface area (Å²) in [6.45, 7) is 0. The minimum Gasteiger partial charge on any atom is -0.466 e. The Kier molecular flexibility index (Phi) is 16.2. The van der Waals surface area contributed by atoms with E-state index in [0.717, 1.165) is 0 Å². The van der Waals surface area contributed by atoms with Crippen molar-refractivity contribution in [1.29, 1.82) is 0 Å². The Balaban J connectivity index is 2.40. The molecule has 30 heavy (non-hydrogen) atoms. The molecule has 0 spiro atoms. The summed E-state index contributed by atoms with van der Waals surface area (Å²) in [6, 6.07) is 0. The van der Waals surface area contributed by atoms with Gasteiger partial charge in [-0.1, -0.05) is 0 Å². The molecular weight excluding hydrogens is 400 g/mol. The third-order valence-corrected chi connectivity index (χ3v) is 2.13. The number of hydrogen-bond acceptors (Lipinski definition) is 10. The van der Waals surface area contributed by atoms with Gasteiger partial charge in [0.2, 0.25) is 0 Å². The zero-order chi connectivity index (χ0) is 21.2. The Hall–Kier alpha value is -4.60. The quantitative estimate of drug-likeness (QED) is 0.540. The summed E-state index contributed by atoms with van der Waals surface area (Å²) in [5, 5.41) is 0. The molecule has 0 atom stereocenters. The highest BCUT2D eigenvalue weighted by molar-refractivity contribution is 4.79. The van der Waals surface area contributed by atoms with Crippen LogP contribution in [0.5, 0.6) is 0 Å². The minimum atomic E-state index is 1.28. The third kappa shape index (κ3) is 18.2. The molecule has 160 valence electrons. The molecule has 1 heterocycles. The van der Waals surface area contributed by atoms with Crippen LogP contribution in [-0.4, -0.2) is 0 Å². The average Bonchev–Trinajstić information content (AvgIpc) is 2.76. The molecule has 0 amide bonds. The summed E-state index contributed by atoms with van der Waals surface area (Å²) in [4.78, 5) is 0. The molecule has 10 heteroatoms. The molecule has 1 rings (SSSR count). The van der Waals surface area contributed by atoms with E-state index in [4.69, 9.17) is 47.4 Å². The van der Waals surface area contributed by atoms with Crippen LogP contribution in [0, 0.1) is 0 Å². The lowest BCUT2D eigenvalue weighted by atomic mass is 10.9. The molecule has 0 fully saturated rings. The van der Waals surface area contributed by atoms with Crippen LogP contribution in [0.2, 0.25) is 0 Å². The fourth-order valence-electron chi connectivity index (χ4n) is 1.10. The van der Waals surface area contributed by atoms with E-state index in [1.54, 1.807) is 0 Å². The van der Waals surface area contributed by atoms with Gasteiger partial charge in [0.1, 0.15) is 125 Å². The van der Waals surface area contributed by atoms with E-state index in [1.807, 2.05) is 0 Å². The van der Waals surface area contributed by atoms with E-state index in [9.17, 15) is 0 Å². The van der Waals surface area contributed by atoms with Gasteiger partial charge in [0.25, 0.3) is 0 Å². The van der Waals surface area contributed by atoms with E-state index < -0.39 is 0 Å². The highest BCUT2D eigenvalue weighted by Crippen LogP contribution is 1.91. The van der Waals surface area contributed by atoms with Crippen molar-refractivity contribution in [2.75, 3.05) is 0 Å². The van der Waals surface area contributed by atoms with Crippen molar-refractivity contribution < 1.29 is 47.4 Å². The van der Waals surface area contributed by atoms with Crippen LogP contribution in [0.3, 0.4) is 0 Å². The maximum atomic E-state index is 4.94. The molecule has 0 aromatic heterocycles. The van der Waals surface area contributed by atoms with Gasteiger partial charge in [-0.05, 0) is 0 Å². The van der Waals surface area contributed by atoms with Gasteiger partial charge in [0, 0.05) is 0 Å². The molecule has 0 saturated heterocycles. The molecule has 0 aromatic carbocycles. The molecule has 0 unspecified atom stereocenters. The lowest BCUT2D eigenvalue weighted by Crippen LogP contribution is -1.74. The Morgan fingerprint density at radius 1 is 0.133 bits per heavy atom. The fourth-order valence-corrected chi connectivity index (χ4v) is 1.10. The van der Waals surface area contributed by atoms with Gasteiger partial charge in [-0.2, -0.15) is 0 Å². The standard InChI is InChI=1S/C20H20O10/c1-2-22-5-6-24-9-10-26-13-14-28-17-18-30-20-19-29-16-15-27-12-11-25-8-7-23-4-3-21-1/h1-20H. The van der Waals surface area contributed by atoms with Gasteiger partial charge in [-0.3, -0.25) is 0 Å². The van der Waals surface area contributed by atoms with Crippen LogP contribution in [0.4, 0.5) is 0 Å². The van der Waals surface area contributed by atoms with E-state index in [-0.39, 0.29) is 0 Å². The zero-order valence-electron chi connectivity index (χ0n) is 15.6. The molecule has 0 aromatic rings. The monoisotopic (exact) mass is 420 g/mol. The Bertz CT molecular complexity index is 457. The Morgan fingerprint density at radius 2 is 0.200 bits per heavy atom. The second kappa shape index (κ2) is 20.7. The average molecular weight is 420 g/mol. The predicted molar refractivity (Wildman–Crippen MR) is 102 cm³/mol. The van der Waals surface area contributed by atoms with Crippen molar-refractivity contribution in [2.24, 2.45) is 0 Å². The third-order valence-electron chi connectivity index (χ3n) is 2.13. The van der Waals surface area contributed by atoms with Crippen LogP contribution >= 0.6 is 0 Å². The molecule has 0 saturated carbocycles. The second-order valence-electron chi connectivity index (χ2n) is 4.08. The molecule has 0 bridgehead atoms. The van der Waals surface area contributed by atoms with E-state index in [0.29, 0.717) is 0 Å². The number of hydrogen-bond donors (Lipinski definition) is 0. The minimum absolute atomic E-state index is 1.28. The first-order valence-corrected chi connectivity index (χ1v) is 8.05. The van der Waals surface area contributed by atoms with Crippen LogP contribution in [0.25, 0.3) is 0 Å². The van der Waals surface area contributed by atoms with Gasteiger partial charge in [-0.15, -0.1) is 0 Å². The summed E-state index contributed by atoms with van der Waals surface area (Å²) in [6.07, 6.45) is 25.6. The molecule has 0 N–H and O–H groups in total. The van der Waals surface area contributed by atoms with Crippen molar-refractivity contribution in [1.82, 2.24) is 0 Å². The molecular formula is C20H20O10. The maximum Gasteiger partial charge on any atom is 0.125 e. The molecule has 1 aliphatic heterocycles. The topological polar surface area (TPSA) is 92.3 Å². The van der Waals surface area contributed by atoms with Gasteiger partial charge < -0.3 is 47.4 Å². The number of ether oxygens (including phenoxy) is 10. The largest absolute Gasteiger partial charge is 0.466 e. The summed E-state index contributed by atoms with van der Waals surface area (Å²) in [5.74, 6) is 0. The molecule has 0 aliphatic carbocycles. The van der Waals surface area contributed by atoms with Crippen LogP contribution in [-0.2, 0) is 47.4 Å². The van der Waals surface area contributed by atoms with E-state index >= 15 is 0 Å². The first-order valence-electron chi connectivity index (χ1n) is 8.05. The van der Waals surface area contributed by atoms with Crippen molar-refractivity contribution >= 4 is 0 Å². The smallest absolute Gasteiger partial charge is 0.125 e. The van der Waals surface area contributed by atoms with Crippen LogP contribution in [0.1, 0.15) is 0 Å². The summed E-state index contributed by atoms with van der Waals surface area (Å²) < 4.78 is 49.4. The first-order chi connectivity index (χ1) is 15.0. The van der Waals surface area contributed by atoms with Gasteiger partial charge in [0.05, 0.1) is 0 Å². The van der Waals surface area contributed by atoms with Crippen molar-refractivity contribution in [3.63, 3.8) is 0 Å². The Morgan fingerprint density at radius 3 is 0.267 bits per heavy atom. The lowest BCUT2D eigenvalue weighted by Gasteiger charge is -1.94. The highest BCUT2D eigenvalue weighted by Gasteiger charge is 1.77.